The lowest BCUT2D eigenvalue weighted by atomic mass is 9.76. The van der Waals surface area contributed by atoms with E-state index in [0.717, 1.165) is 17.5 Å². The third-order valence-electron chi connectivity index (χ3n) is 12.1. The van der Waals surface area contributed by atoms with E-state index in [1.54, 1.807) is 11.1 Å². The second-order valence-corrected chi connectivity index (χ2v) is 21.0. The van der Waals surface area contributed by atoms with E-state index < -0.39 is 8.24 Å². The van der Waals surface area contributed by atoms with Gasteiger partial charge in [-0.15, -0.1) is 0 Å². The quantitative estimate of drug-likeness (QED) is 0.274. The molecule has 4 atom stereocenters. The van der Waals surface area contributed by atoms with Gasteiger partial charge in [-0.1, -0.05) is 120 Å². The van der Waals surface area contributed by atoms with Gasteiger partial charge in [-0.05, 0) is 114 Å². The zero-order valence-electron chi connectivity index (χ0n) is 28.0. The number of benzene rings is 3. The normalized spacial score (nSPS) is 27.1. The maximum absolute atomic E-state index is 3.13. The molecule has 1 nitrogen and oxygen atoms in total. The van der Waals surface area contributed by atoms with Crippen LogP contribution in [0.3, 0.4) is 0 Å². The molecule has 0 aliphatic heterocycles. The van der Waals surface area contributed by atoms with Crippen LogP contribution in [0.1, 0.15) is 91.2 Å². The zero-order valence-corrected chi connectivity index (χ0v) is 29.0. The number of rotatable bonds is 4. The molecule has 2 fully saturated rings. The van der Waals surface area contributed by atoms with Crippen molar-refractivity contribution in [2.75, 3.05) is 0 Å². The smallest absolute Gasteiger partial charge is 0.127 e. The number of hydrogen-bond donors (Lipinski definition) is 0. The van der Waals surface area contributed by atoms with Crippen molar-refractivity contribution in [2.24, 2.45) is 17.8 Å². The Balaban J connectivity index is 1.29. The van der Waals surface area contributed by atoms with Crippen LogP contribution < -0.4 is 0 Å². The monoisotopic (exact) mass is 587 g/mol. The van der Waals surface area contributed by atoms with Gasteiger partial charge in [0.15, 0.2) is 0 Å². The fourth-order valence-corrected chi connectivity index (χ4v) is 16.9. The van der Waals surface area contributed by atoms with Gasteiger partial charge in [0.05, 0.1) is 0 Å². The van der Waals surface area contributed by atoms with Crippen molar-refractivity contribution < 1.29 is 0 Å². The summed E-state index contributed by atoms with van der Waals surface area (Å²) in [5, 5.41) is 2.66. The van der Waals surface area contributed by atoms with Gasteiger partial charge in [0.1, 0.15) is 8.24 Å². The van der Waals surface area contributed by atoms with E-state index in [-0.39, 0.29) is 11.0 Å². The summed E-state index contributed by atoms with van der Waals surface area (Å²) in [6, 6.07) is 23.7. The Bertz CT molecular complexity index is 1600. The molecule has 0 spiro atoms. The summed E-state index contributed by atoms with van der Waals surface area (Å²) in [7, 11) is -1.78. The number of nitrogens with zero attached hydrogens (tertiary/aromatic N) is 1. The lowest BCUT2D eigenvalue weighted by molar-refractivity contribution is 0.139. The molecular formula is C41H53NSi. The van der Waals surface area contributed by atoms with Gasteiger partial charge in [-0.2, -0.15) is 0 Å². The van der Waals surface area contributed by atoms with Crippen LogP contribution in [0.25, 0.3) is 27.5 Å². The molecule has 7 rings (SSSR count). The van der Waals surface area contributed by atoms with Crippen molar-refractivity contribution >= 4 is 24.6 Å². The molecule has 4 unspecified atom stereocenters. The Labute approximate surface area is 262 Å². The molecule has 0 amide bonds. The predicted molar refractivity (Wildman–Crippen MR) is 189 cm³/mol. The van der Waals surface area contributed by atoms with Crippen LogP contribution in [-0.2, 0) is 5.41 Å². The van der Waals surface area contributed by atoms with Crippen LogP contribution in [0, 0.1) is 17.8 Å². The molecule has 0 aromatic heterocycles. The molecule has 0 radical (unpaired) electrons. The van der Waals surface area contributed by atoms with E-state index in [1.807, 2.05) is 0 Å². The van der Waals surface area contributed by atoms with Crippen molar-refractivity contribution in [3.05, 3.63) is 89.5 Å². The highest BCUT2D eigenvalue weighted by Gasteiger charge is 2.55. The van der Waals surface area contributed by atoms with E-state index in [9.17, 15) is 0 Å². The lowest BCUT2D eigenvalue weighted by Gasteiger charge is -2.56. The molecule has 0 bridgehead atoms. The summed E-state index contributed by atoms with van der Waals surface area (Å²) in [6.45, 7) is 20.6. The van der Waals surface area contributed by atoms with Crippen molar-refractivity contribution in [1.29, 1.82) is 0 Å². The summed E-state index contributed by atoms with van der Waals surface area (Å²) in [5.41, 5.74) is 9.85. The average molecular weight is 588 g/mol. The lowest BCUT2D eigenvalue weighted by Crippen LogP contribution is -2.65. The Morgan fingerprint density at radius 3 is 2.30 bits per heavy atom. The van der Waals surface area contributed by atoms with Gasteiger partial charge >= 0.3 is 0 Å². The predicted octanol–water partition coefficient (Wildman–Crippen LogP) is 11.4. The number of hydrogen-bond acceptors (Lipinski definition) is 1. The second-order valence-electron chi connectivity index (χ2n) is 16.5. The van der Waals surface area contributed by atoms with E-state index in [1.165, 1.54) is 71.6 Å². The van der Waals surface area contributed by atoms with Crippen LogP contribution in [0.15, 0.2) is 78.4 Å². The van der Waals surface area contributed by atoms with Crippen molar-refractivity contribution in [1.82, 2.24) is 4.57 Å². The fraction of sp³-hybridized carbons (Fsp3) is 0.512. The van der Waals surface area contributed by atoms with E-state index in [4.69, 9.17) is 0 Å². The Kier molecular flexibility index (Phi) is 7.03. The van der Waals surface area contributed by atoms with Crippen LogP contribution in [0.5, 0.6) is 0 Å². The molecule has 2 saturated carbocycles. The van der Waals surface area contributed by atoms with Crippen LogP contribution in [0.2, 0.25) is 18.6 Å². The van der Waals surface area contributed by atoms with Crippen LogP contribution >= 0.6 is 0 Å². The van der Waals surface area contributed by atoms with Crippen molar-refractivity contribution in [2.45, 2.75) is 116 Å². The minimum atomic E-state index is -1.78. The molecule has 0 N–H and O–H groups in total. The van der Waals surface area contributed by atoms with Gasteiger partial charge in [0, 0.05) is 17.0 Å². The van der Waals surface area contributed by atoms with Crippen molar-refractivity contribution in [3.8, 4) is 11.1 Å². The molecule has 4 aliphatic rings. The summed E-state index contributed by atoms with van der Waals surface area (Å²) in [4.78, 5) is 0. The first-order valence-electron chi connectivity index (χ1n) is 17.3. The first-order chi connectivity index (χ1) is 20.4. The van der Waals surface area contributed by atoms with Gasteiger partial charge < -0.3 is 4.57 Å². The molecule has 3 aromatic carbocycles. The van der Waals surface area contributed by atoms with Crippen LogP contribution in [0.4, 0.5) is 0 Å². The largest absolute Gasteiger partial charge is 0.316 e. The van der Waals surface area contributed by atoms with Crippen LogP contribution in [-0.4, -0.2) is 24.4 Å². The maximum Gasteiger partial charge on any atom is 0.127 e. The molecule has 3 aromatic rings. The highest BCUT2D eigenvalue weighted by Crippen LogP contribution is 2.61. The number of allylic oxidation sites excluding steroid dienone is 4. The fourth-order valence-electron chi connectivity index (χ4n) is 10.8. The molecule has 0 heterocycles. The minimum absolute atomic E-state index is 0.0283. The molecule has 43 heavy (non-hydrogen) atoms. The van der Waals surface area contributed by atoms with E-state index in [0.29, 0.717) is 11.8 Å². The SMILES string of the molecule is CC1CC2C=C3C(=CC2C1[Si](C)(C)N(C1CCCCC1)C(C)(C)C)c1ccc(-c2cccc4ccccc24)cc1C3(C)C. The third-order valence-corrected chi connectivity index (χ3v) is 16.9. The molecule has 226 valence electrons. The van der Waals surface area contributed by atoms with Crippen molar-refractivity contribution in [3.63, 3.8) is 0 Å². The Hall–Kier alpha value is -2.42. The first-order valence-corrected chi connectivity index (χ1v) is 20.3. The van der Waals surface area contributed by atoms with Gasteiger partial charge in [-0.3, -0.25) is 0 Å². The standard InChI is InChI=1S/C41H53NSi/c1-27-23-30-25-38-36(26-35(30)39(27)43(7,8)42(40(2,3)4)31-17-10-9-11-18-31)34-22-21-29(24-37(34)41(38,5)6)33-20-14-16-28-15-12-13-19-32(28)33/h12-16,19-22,24-27,30-31,35,39H,9-11,17-18,23H2,1-8H3. The first kappa shape index (κ1) is 29.3. The van der Waals surface area contributed by atoms with E-state index in [2.05, 4.69) is 132 Å². The summed E-state index contributed by atoms with van der Waals surface area (Å²) >= 11 is 0. The maximum atomic E-state index is 3.13. The number of fused-ring (bicyclic) bond motifs is 5. The zero-order chi connectivity index (χ0) is 30.3. The summed E-state index contributed by atoms with van der Waals surface area (Å²) in [6.07, 6.45) is 14.0. The highest BCUT2D eigenvalue weighted by molar-refractivity contribution is 6.76. The topological polar surface area (TPSA) is 3.24 Å². The summed E-state index contributed by atoms with van der Waals surface area (Å²) in [5.74, 6) is 2.10. The molecule has 0 saturated heterocycles. The Morgan fingerprint density at radius 1 is 0.837 bits per heavy atom. The average Bonchev–Trinajstić information content (AvgIpc) is 3.41. The molecule has 2 heteroatoms. The molecule has 4 aliphatic carbocycles. The molecular weight excluding hydrogens is 535 g/mol. The van der Waals surface area contributed by atoms with Gasteiger partial charge in [-0.25, -0.2) is 0 Å². The Morgan fingerprint density at radius 2 is 1.56 bits per heavy atom. The van der Waals surface area contributed by atoms with E-state index >= 15 is 0 Å². The van der Waals surface area contributed by atoms with Gasteiger partial charge in [0.2, 0.25) is 0 Å². The van der Waals surface area contributed by atoms with Gasteiger partial charge in [0.25, 0.3) is 0 Å². The third kappa shape index (κ3) is 4.65. The minimum Gasteiger partial charge on any atom is -0.316 e. The highest BCUT2D eigenvalue weighted by atomic mass is 28.3. The summed E-state index contributed by atoms with van der Waals surface area (Å²) < 4.78 is 3.13. The second kappa shape index (κ2) is 10.3.